The summed E-state index contributed by atoms with van der Waals surface area (Å²) in [4.78, 5) is 2.54. The van der Waals surface area contributed by atoms with Gasteiger partial charge in [0, 0.05) is 5.54 Å². The molecule has 0 radical (unpaired) electrons. The fraction of sp³-hybridized carbons (Fsp3) is 0.667. The van der Waals surface area contributed by atoms with Crippen molar-refractivity contribution in [3.8, 4) is 0 Å². The minimum atomic E-state index is 0.0984. The molecule has 0 saturated carbocycles. The van der Waals surface area contributed by atoms with Gasteiger partial charge in [-0.3, -0.25) is 4.90 Å². The topological polar surface area (TPSA) is 15.3 Å². The average Bonchev–Trinajstić information content (AvgIpc) is 2.40. The van der Waals surface area contributed by atoms with Gasteiger partial charge in [0.1, 0.15) is 0 Å². The Morgan fingerprint density at radius 2 is 1.65 bits per heavy atom. The highest BCUT2D eigenvalue weighted by molar-refractivity contribution is 5.33. The third-order valence-electron chi connectivity index (χ3n) is 4.56. The van der Waals surface area contributed by atoms with E-state index >= 15 is 0 Å². The summed E-state index contributed by atoms with van der Waals surface area (Å²) in [5.74, 6) is 0. The predicted octanol–water partition coefficient (Wildman–Crippen LogP) is 4.07. The lowest BCUT2D eigenvalue weighted by atomic mass is 9.85. The molecule has 1 N–H and O–H groups in total. The standard InChI is InChI=1S/C18H32N2/c1-8-19-17(18(6,7)20(9-2)10-3)16-12-11-14(4)15(5)13-16/h11-13,17,19H,8-10H2,1-7H3. The van der Waals surface area contributed by atoms with Crippen molar-refractivity contribution in [3.63, 3.8) is 0 Å². The second-order valence-corrected chi connectivity index (χ2v) is 6.16. The zero-order chi connectivity index (χ0) is 15.3. The van der Waals surface area contributed by atoms with Crippen molar-refractivity contribution in [1.82, 2.24) is 10.2 Å². The maximum absolute atomic E-state index is 3.69. The minimum absolute atomic E-state index is 0.0984. The maximum atomic E-state index is 3.69. The number of hydrogen-bond acceptors (Lipinski definition) is 2. The van der Waals surface area contributed by atoms with Crippen LogP contribution in [0.3, 0.4) is 0 Å². The van der Waals surface area contributed by atoms with Gasteiger partial charge in [0.15, 0.2) is 0 Å². The third-order valence-corrected chi connectivity index (χ3v) is 4.56. The molecule has 0 spiro atoms. The first-order chi connectivity index (χ1) is 9.38. The Morgan fingerprint density at radius 3 is 2.10 bits per heavy atom. The first kappa shape index (κ1) is 17.2. The Morgan fingerprint density at radius 1 is 1.05 bits per heavy atom. The number of nitrogens with one attached hydrogen (secondary N) is 1. The third kappa shape index (κ3) is 3.62. The number of aryl methyl sites for hydroxylation is 2. The van der Waals surface area contributed by atoms with Gasteiger partial charge in [-0.1, -0.05) is 39.0 Å². The van der Waals surface area contributed by atoms with Crippen LogP contribution < -0.4 is 5.32 Å². The van der Waals surface area contributed by atoms with Crippen molar-refractivity contribution in [2.75, 3.05) is 19.6 Å². The monoisotopic (exact) mass is 276 g/mol. The van der Waals surface area contributed by atoms with Crippen LogP contribution in [0.15, 0.2) is 18.2 Å². The van der Waals surface area contributed by atoms with Gasteiger partial charge in [-0.05, 0) is 64.0 Å². The van der Waals surface area contributed by atoms with Crippen molar-refractivity contribution >= 4 is 0 Å². The van der Waals surface area contributed by atoms with Crippen LogP contribution in [0.25, 0.3) is 0 Å². The van der Waals surface area contributed by atoms with E-state index in [2.05, 4.69) is 76.9 Å². The van der Waals surface area contributed by atoms with Crippen LogP contribution in [0.2, 0.25) is 0 Å². The van der Waals surface area contributed by atoms with Gasteiger partial charge in [0.25, 0.3) is 0 Å². The number of hydrogen-bond donors (Lipinski definition) is 1. The van der Waals surface area contributed by atoms with Crippen molar-refractivity contribution < 1.29 is 0 Å². The molecule has 1 aromatic rings. The molecule has 0 aromatic heterocycles. The average molecular weight is 276 g/mol. The lowest BCUT2D eigenvalue weighted by Crippen LogP contribution is -2.52. The summed E-state index contributed by atoms with van der Waals surface area (Å²) < 4.78 is 0. The summed E-state index contributed by atoms with van der Waals surface area (Å²) in [6.45, 7) is 18.9. The molecule has 0 aliphatic heterocycles. The highest BCUT2D eigenvalue weighted by Crippen LogP contribution is 2.31. The molecule has 0 aliphatic rings. The normalized spacial score (nSPS) is 13.8. The summed E-state index contributed by atoms with van der Waals surface area (Å²) in [6, 6.07) is 7.22. The van der Waals surface area contributed by atoms with E-state index in [1.807, 2.05) is 0 Å². The van der Waals surface area contributed by atoms with E-state index in [0.717, 1.165) is 19.6 Å². The van der Waals surface area contributed by atoms with E-state index in [1.54, 1.807) is 0 Å². The number of nitrogens with zero attached hydrogens (tertiary/aromatic N) is 1. The second-order valence-electron chi connectivity index (χ2n) is 6.16. The van der Waals surface area contributed by atoms with Gasteiger partial charge in [-0.15, -0.1) is 0 Å². The lowest BCUT2D eigenvalue weighted by molar-refractivity contribution is 0.0918. The molecule has 1 aromatic carbocycles. The van der Waals surface area contributed by atoms with Crippen LogP contribution in [-0.4, -0.2) is 30.1 Å². The molecular weight excluding hydrogens is 244 g/mol. The van der Waals surface area contributed by atoms with Crippen LogP contribution in [0.4, 0.5) is 0 Å². The molecule has 0 saturated heterocycles. The number of likely N-dealkylation sites (N-methyl/N-ethyl adjacent to an activating group) is 2. The molecule has 0 fully saturated rings. The Kier molecular flexibility index (Phi) is 6.22. The largest absolute Gasteiger partial charge is 0.309 e. The fourth-order valence-corrected chi connectivity index (χ4v) is 3.14. The predicted molar refractivity (Wildman–Crippen MR) is 89.3 cm³/mol. The minimum Gasteiger partial charge on any atom is -0.309 e. The highest BCUT2D eigenvalue weighted by Gasteiger charge is 2.34. The van der Waals surface area contributed by atoms with E-state index in [4.69, 9.17) is 0 Å². The molecule has 20 heavy (non-hydrogen) atoms. The molecular formula is C18H32N2. The van der Waals surface area contributed by atoms with Gasteiger partial charge in [0.05, 0.1) is 6.04 Å². The van der Waals surface area contributed by atoms with Crippen molar-refractivity contribution in [2.45, 2.75) is 60.0 Å². The van der Waals surface area contributed by atoms with Crippen LogP contribution >= 0.6 is 0 Å². The summed E-state index contributed by atoms with van der Waals surface area (Å²) in [5.41, 5.74) is 4.23. The molecule has 0 heterocycles. The molecule has 2 nitrogen and oxygen atoms in total. The highest BCUT2D eigenvalue weighted by atomic mass is 15.2. The van der Waals surface area contributed by atoms with E-state index in [0.29, 0.717) is 6.04 Å². The van der Waals surface area contributed by atoms with Crippen LogP contribution in [-0.2, 0) is 0 Å². The summed E-state index contributed by atoms with van der Waals surface area (Å²) >= 11 is 0. The second kappa shape index (κ2) is 7.24. The Bertz CT molecular complexity index is 419. The SMILES string of the molecule is CCNC(c1ccc(C)c(C)c1)C(C)(C)N(CC)CC. The van der Waals surface area contributed by atoms with Gasteiger partial charge in [0.2, 0.25) is 0 Å². The quantitative estimate of drug-likeness (QED) is 0.807. The fourth-order valence-electron chi connectivity index (χ4n) is 3.14. The van der Waals surface area contributed by atoms with Gasteiger partial charge in [-0.25, -0.2) is 0 Å². The van der Waals surface area contributed by atoms with E-state index in [-0.39, 0.29) is 5.54 Å². The molecule has 1 rings (SSSR count). The van der Waals surface area contributed by atoms with Crippen molar-refractivity contribution in [1.29, 1.82) is 0 Å². The Balaban J connectivity index is 3.18. The first-order valence-corrected chi connectivity index (χ1v) is 7.93. The van der Waals surface area contributed by atoms with E-state index in [1.165, 1.54) is 16.7 Å². The molecule has 0 amide bonds. The molecule has 0 aliphatic carbocycles. The lowest BCUT2D eigenvalue weighted by Gasteiger charge is -2.44. The van der Waals surface area contributed by atoms with Crippen LogP contribution in [0.5, 0.6) is 0 Å². The molecule has 114 valence electrons. The Hall–Kier alpha value is -0.860. The van der Waals surface area contributed by atoms with Crippen molar-refractivity contribution in [3.05, 3.63) is 34.9 Å². The zero-order valence-electron chi connectivity index (χ0n) is 14.4. The number of rotatable bonds is 7. The zero-order valence-corrected chi connectivity index (χ0v) is 14.4. The molecule has 1 unspecified atom stereocenters. The first-order valence-electron chi connectivity index (χ1n) is 7.93. The molecule has 2 heteroatoms. The van der Waals surface area contributed by atoms with E-state index in [9.17, 15) is 0 Å². The Labute approximate surface area is 125 Å². The van der Waals surface area contributed by atoms with Gasteiger partial charge < -0.3 is 5.32 Å². The molecule has 1 atom stereocenters. The summed E-state index contributed by atoms with van der Waals surface area (Å²) in [7, 11) is 0. The van der Waals surface area contributed by atoms with Crippen LogP contribution in [0.1, 0.15) is 57.4 Å². The number of benzene rings is 1. The molecule has 0 bridgehead atoms. The van der Waals surface area contributed by atoms with Crippen LogP contribution in [0, 0.1) is 13.8 Å². The van der Waals surface area contributed by atoms with Gasteiger partial charge >= 0.3 is 0 Å². The summed E-state index contributed by atoms with van der Waals surface area (Å²) in [6.07, 6.45) is 0. The maximum Gasteiger partial charge on any atom is 0.0501 e. The van der Waals surface area contributed by atoms with E-state index < -0.39 is 0 Å². The summed E-state index contributed by atoms with van der Waals surface area (Å²) in [5, 5.41) is 3.69. The van der Waals surface area contributed by atoms with Crippen molar-refractivity contribution in [2.24, 2.45) is 0 Å². The van der Waals surface area contributed by atoms with Gasteiger partial charge in [-0.2, -0.15) is 0 Å². The smallest absolute Gasteiger partial charge is 0.0501 e.